The summed E-state index contributed by atoms with van der Waals surface area (Å²) in [7, 11) is 0. The maximum absolute atomic E-state index is 12.4. The molecule has 2 saturated heterocycles. The fourth-order valence-electron chi connectivity index (χ4n) is 13.7. The summed E-state index contributed by atoms with van der Waals surface area (Å²) in [4.78, 5) is 2.31. The minimum atomic E-state index is -1.25. The van der Waals surface area contributed by atoms with Crippen LogP contribution in [0, 0.1) is 50.7 Å². The van der Waals surface area contributed by atoms with Gasteiger partial charge in [0.1, 0.15) is 6.10 Å². The van der Waals surface area contributed by atoms with Crippen molar-refractivity contribution in [1.82, 2.24) is 4.90 Å². The number of aliphatic hydroxyl groups is 4. The van der Waals surface area contributed by atoms with Crippen molar-refractivity contribution in [3.63, 3.8) is 0 Å². The molecule has 0 aromatic rings. The quantitative estimate of drug-likeness (QED) is 0.327. The SMILES string of the molecule is CC1CC(C(O)C(C)(C)O)OC2C1C1(C)CCC34CC35CCC(OC3CN(C(C)(C)CO)CCO3)C(C)(C)C5CCC4C1(C)C2O. The molecule has 0 aromatic heterocycles. The van der Waals surface area contributed by atoms with Gasteiger partial charge in [0.15, 0.2) is 6.29 Å². The molecule has 2 aliphatic heterocycles. The molecular weight excluding hydrogens is 582 g/mol. The molecule has 46 heavy (non-hydrogen) atoms. The van der Waals surface area contributed by atoms with Gasteiger partial charge in [0.2, 0.25) is 0 Å². The van der Waals surface area contributed by atoms with Crippen LogP contribution in [0.4, 0.5) is 0 Å². The fourth-order valence-corrected chi connectivity index (χ4v) is 13.7. The smallest absolute Gasteiger partial charge is 0.170 e. The highest BCUT2D eigenvalue weighted by Gasteiger charge is 2.84. The maximum Gasteiger partial charge on any atom is 0.170 e. The first-order chi connectivity index (χ1) is 21.3. The van der Waals surface area contributed by atoms with E-state index in [0.29, 0.717) is 42.7 Å². The molecule has 14 atom stereocenters. The highest BCUT2D eigenvalue weighted by molar-refractivity contribution is 5.33. The van der Waals surface area contributed by atoms with Crippen LogP contribution in [0.1, 0.15) is 114 Å². The third-order valence-electron chi connectivity index (χ3n) is 16.4. The number of aliphatic hydroxyl groups excluding tert-OH is 3. The van der Waals surface area contributed by atoms with Gasteiger partial charge in [-0.05, 0) is 124 Å². The van der Waals surface area contributed by atoms with E-state index in [1.165, 1.54) is 25.7 Å². The van der Waals surface area contributed by atoms with Crippen LogP contribution in [0.3, 0.4) is 0 Å². The third kappa shape index (κ3) is 4.39. The summed E-state index contributed by atoms with van der Waals surface area (Å²) in [6, 6.07) is 0. The molecule has 5 saturated carbocycles. The van der Waals surface area contributed by atoms with Crippen LogP contribution in [-0.2, 0) is 14.2 Å². The second-order valence-corrected chi connectivity index (χ2v) is 19.5. The summed E-state index contributed by atoms with van der Waals surface area (Å²) in [5.74, 6) is 1.58. The Hall–Kier alpha value is -0.320. The predicted molar refractivity (Wildman–Crippen MR) is 176 cm³/mol. The van der Waals surface area contributed by atoms with E-state index in [1.54, 1.807) is 13.8 Å². The van der Waals surface area contributed by atoms with E-state index in [-0.39, 0.29) is 58.2 Å². The zero-order chi connectivity index (χ0) is 33.5. The van der Waals surface area contributed by atoms with Gasteiger partial charge >= 0.3 is 0 Å². The van der Waals surface area contributed by atoms with Crippen molar-refractivity contribution in [3.8, 4) is 0 Å². The summed E-state index contributed by atoms with van der Waals surface area (Å²) >= 11 is 0. The highest BCUT2D eigenvalue weighted by atomic mass is 16.7. The van der Waals surface area contributed by atoms with E-state index in [2.05, 4.69) is 53.4 Å². The molecule has 8 heteroatoms. The van der Waals surface area contributed by atoms with Gasteiger partial charge in [0, 0.05) is 17.5 Å². The van der Waals surface area contributed by atoms with E-state index in [1.807, 2.05) is 0 Å². The summed E-state index contributed by atoms with van der Waals surface area (Å²) < 4.78 is 19.7. The second-order valence-electron chi connectivity index (χ2n) is 19.5. The van der Waals surface area contributed by atoms with Crippen molar-refractivity contribution < 1.29 is 34.6 Å². The van der Waals surface area contributed by atoms with Gasteiger partial charge in [-0.2, -0.15) is 0 Å². The Labute approximate surface area is 277 Å². The first-order valence-electron chi connectivity index (χ1n) is 18.7. The molecule has 0 amide bonds. The molecule has 264 valence electrons. The standard InChI is InChI=1S/C38H65NO7/c1-22-18-23(30(41)34(6,7)43)45-29-28(22)35(8)14-15-38-20-37(38)13-12-26(46-27-19-39(16-17-44-27)32(2,3)21-40)33(4,5)24(37)10-11-25(38)36(35,9)31(29)42/h22-31,40-43H,10-21H2,1-9H3. The molecule has 2 spiro atoms. The van der Waals surface area contributed by atoms with Crippen LogP contribution in [0.25, 0.3) is 0 Å². The highest BCUT2D eigenvalue weighted by Crippen LogP contribution is 2.89. The van der Waals surface area contributed by atoms with E-state index < -0.39 is 23.9 Å². The number of hydrogen-bond acceptors (Lipinski definition) is 8. The maximum atomic E-state index is 12.4. The zero-order valence-corrected chi connectivity index (χ0v) is 30.2. The second kappa shape index (κ2) is 10.6. The predicted octanol–water partition coefficient (Wildman–Crippen LogP) is 4.75. The number of ether oxygens (including phenoxy) is 3. The summed E-state index contributed by atoms with van der Waals surface area (Å²) in [6.45, 7) is 21.8. The van der Waals surface area contributed by atoms with Crippen molar-refractivity contribution in [2.24, 2.45) is 50.7 Å². The summed E-state index contributed by atoms with van der Waals surface area (Å²) in [5, 5.41) is 44.1. The van der Waals surface area contributed by atoms with Crippen molar-refractivity contribution in [3.05, 3.63) is 0 Å². The average molecular weight is 648 g/mol. The number of nitrogens with zero attached hydrogens (tertiary/aromatic N) is 1. The van der Waals surface area contributed by atoms with Gasteiger partial charge in [0.25, 0.3) is 0 Å². The van der Waals surface area contributed by atoms with E-state index in [9.17, 15) is 20.4 Å². The lowest BCUT2D eigenvalue weighted by atomic mass is 9.41. The Kier molecular flexibility index (Phi) is 7.87. The van der Waals surface area contributed by atoms with Crippen molar-refractivity contribution in [2.75, 3.05) is 26.3 Å². The number of hydrogen-bond donors (Lipinski definition) is 4. The molecule has 7 aliphatic rings. The number of fused-ring (bicyclic) bond motifs is 4. The summed E-state index contributed by atoms with van der Waals surface area (Å²) in [6.07, 6.45) is 6.37. The van der Waals surface area contributed by atoms with Gasteiger partial charge < -0.3 is 34.6 Å². The normalized spacial score (nSPS) is 52.5. The van der Waals surface area contributed by atoms with Crippen LogP contribution in [0.15, 0.2) is 0 Å². The molecule has 7 fully saturated rings. The molecule has 4 N–H and O–H groups in total. The monoisotopic (exact) mass is 647 g/mol. The average Bonchev–Trinajstić information content (AvgIpc) is 3.62. The minimum Gasteiger partial charge on any atom is -0.394 e. The number of rotatable bonds is 6. The van der Waals surface area contributed by atoms with Crippen LogP contribution in [0.5, 0.6) is 0 Å². The van der Waals surface area contributed by atoms with Crippen molar-refractivity contribution in [1.29, 1.82) is 0 Å². The zero-order valence-electron chi connectivity index (χ0n) is 30.2. The Morgan fingerprint density at radius 1 is 0.978 bits per heavy atom. The largest absolute Gasteiger partial charge is 0.394 e. The topological polar surface area (TPSA) is 112 Å². The Balaban J connectivity index is 1.12. The lowest BCUT2D eigenvalue weighted by molar-refractivity contribution is -0.254. The Morgan fingerprint density at radius 2 is 1.65 bits per heavy atom. The van der Waals surface area contributed by atoms with Crippen molar-refractivity contribution in [2.45, 2.75) is 162 Å². The van der Waals surface area contributed by atoms with Crippen molar-refractivity contribution >= 4 is 0 Å². The molecule has 8 nitrogen and oxygen atoms in total. The van der Waals surface area contributed by atoms with Crippen LogP contribution in [-0.4, -0.2) is 99.6 Å². The molecule has 5 aliphatic carbocycles. The number of morpholine rings is 1. The molecule has 2 heterocycles. The lowest BCUT2D eigenvalue weighted by Crippen LogP contribution is -2.60. The van der Waals surface area contributed by atoms with E-state index in [0.717, 1.165) is 25.8 Å². The molecular formula is C38H65NO7. The lowest BCUT2D eigenvalue weighted by Gasteiger charge is -2.64. The van der Waals surface area contributed by atoms with Gasteiger partial charge in [0.05, 0.1) is 49.8 Å². The fraction of sp³-hybridized carbons (Fsp3) is 1.00. The van der Waals surface area contributed by atoms with Gasteiger partial charge in [-0.1, -0.05) is 34.6 Å². The Morgan fingerprint density at radius 3 is 2.33 bits per heavy atom. The molecule has 0 bridgehead atoms. The first-order valence-corrected chi connectivity index (χ1v) is 18.7. The molecule has 7 rings (SSSR count). The summed E-state index contributed by atoms with van der Waals surface area (Å²) in [5.41, 5.74) is -1.24. The van der Waals surface area contributed by atoms with Crippen LogP contribution < -0.4 is 0 Å². The third-order valence-corrected chi connectivity index (χ3v) is 16.4. The van der Waals surface area contributed by atoms with Crippen LogP contribution >= 0.6 is 0 Å². The molecule has 0 aromatic carbocycles. The Bertz CT molecular complexity index is 1190. The van der Waals surface area contributed by atoms with E-state index >= 15 is 0 Å². The van der Waals surface area contributed by atoms with Gasteiger partial charge in [-0.3, -0.25) is 4.90 Å². The van der Waals surface area contributed by atoms with Gasteiger partial charge in [-0.15, -0.1) is 0 Å². The van der Waals surface area contributed by atoms with E-state index in [4.69, 9.17) is 14.2 Å². The first kappa shape index (κ1) is 34.1. The minimum absolute atomic E-state index is 0.0207. The van der Waals surface area contributed by atoms with Gasteiger partial charge in [-0.25, -0.2) is 0 Å². The molecule has 14 unspecified atom stereocenters. The molecule has 0 radical (unpaired) electrons. The van der Waals surface area contributed by atoms with Crippen LogP contribution in [0.2, 0.25) is 0 Å².